The van der Waals surface area contributed by atoms with Crippen molar-refractivity contribution in [2.45, 2.75) is 13.0 Å². The Balaban J connectivity index is 1.56. The highest BCUT2D eigenvalue weighted by Crippen LogP contribution is 2.28. The number of hydrogen-bond donors (Lipinski definition) is 2. The molecule has 33 heavy (non-hydrogen) atoms. The zero-order valence-corrected chi connectivity index (χ0v) is 18.3. The molecule has 170 valence electrons. The van der Waals surface area contributed by atoms with Gasteiger partial charge in [-0.2, -0.15) is 5.10 Å². The molecular weight excluding hydrogens is 424 g/mol. The number of carbonyl (C=O) groups excluding carboxylic acids is 1. The Morgan fingerprint density at radius 2 is 1.73 bits per heavy atom. The minimum absolute atomic E-state index is 0.179. The van der Waals surface area contributed by atoms with Crippen LogP contribution in [0.2, 0.25) is 0 Å². The molecule has 0 aliphatic carbocycles. The normalized spacial score (nSPS) is 10.6. The third-order valence-electron chi connectivity index (χ3n) is 4.68. The van der Waals surface area contributed by atoms with Crippen LogP contribution in [0.25, 0.3) is 0 Å². The van der Waals surface area contributed by atoms with E-state index in [1.165, 1.54) is 25.5 Å². The fourth-order valence-electron chi connectivity index (χ4n) is 2.97. The molecule has 0 aliphatic heterocycles. The van der Waals surface area contributed by atoms with Crippen molar-refractivity contribution in [3.63, 3.8) is 0 Å². The molecule has 0 aromatic heterocycles. The average Bonchev–Trinajstić information content (AvgIpc) is 2.83. The zero-order valence-electron chi connectivity index (χ0n) is 18.3. The fourth-order valence-corrected chi connectivity index (χ4v) is 2.97. The van der Waals surface area contributed by atoms with E-state index in [2.05, 4.69) is 10.5 Å². The monoisotopic (exact) mass is 448 g/mol. The van der Waals surface area contributed by atoms with Gasteiger partial charge in [-0.1, -0.05) is 24.3 Å². The lowest BCUT2D eigenvalue weighted by molar-refractivity contribution is -0.120. The van der Waals surface area contributed by atoms with Crippen LogP contribution in [0.5, 0.6) is 17.2 Å². The van der Waals surface area contributed by atoms with Crippen LogP contribution < -0.4 is 19.6 Å². The summed E-state index contributed by atoms with van der Waals surface area (Å²) in [6.07, 6.45) is 1.69. The maximum absolute atomic E-state index is 12.1. The molecule has 3 aromatic carbocycles. The number of hydrogen-bond acceptors (Lipinski definition) is 6. The highest BCUT2D eigenvalue weighted by Gasteiger charge is 2.08. The van der Waals surface area contributed by atoms with E-state index in [1.807, 2.05) is 18.2 Å². The molecular formula is C25H24N2O6. The number of aromatic carboxylic acids is 1. The van der Waals surface area contributed by atoms with Gasteiger partial charge < -0.3 is 19.3 Å². The van der Waals surface area contributed by atoms with Crippen LogP contribution in [0.3, 0.4) is 0 Å². The molecule has 0 spiro atoms. The van der Waals surface area contributed by atoms with Gasteiger partial charge in [-0.05, 0) is 59.2 Å². The maximum atomic E-state index is 12.1. The standard InChI is InChI=1S/C25H24N2O6/c1-31-21-5-3-4-18(12-21)14-24(28)27-26-15-19-8-11-22(23(13-19)32-2)33-16-17-6-9-20(10-7-17)25(29)30/h3-13,15H,14,16H2,1-2H3,(H,27,28)(H,29,30)/b26-15+. The van der Waals surface area contributed by atoms with Crippen molar-refractivity contribution < 1.29 is 28.9 Å². The number of carboxylic acid groups (broad SMARTS) is 1. The number of nitrogens with zero attached hydrogens (tertiary/aromatic N) is 1. The first-order valence-electron chi connectivity index (χ1n) is 10.1. The summed E-state index contributed by atoms with van der Waals surface area (Å²) in [7, 11) is 3.10. The van der Waals surface area contributed by atoms with Gasteiger partial charge in [0.05, 0.1) is 32.4 Å². The molecule has 0 bridgehead atoms. The molecule has 1 amide bonds. The number of hydrazone groups is 1. The fraction of sp³-hybridized carbons (Fsp3) is 0.160. The van der Waals surface area contributed by atoms with Crippen LogP contribution in [0.15, 0.2) is 71.8 Å². The summed E-state index contributed by atoms with van der Waals surface area (Å²) in [5, 5.41) is 13.0. The van der Waals surface area contributed by atoms with Gasteiger partial charge in [-0.15, -0.1) is 0 Å². The van der Waals surface area contributed by atoms with Crippen molar-refractivity contribution >= 4 is 18.1 Å². The highest BCUT2D eigenvalue weighted by atomic mass is 16.5. The Hall–Kier alpha value is -4.33. The molecule has 0 saturated heterocycles. The van der Waals surface area contributed by atoms with Gasteiger partial charge >= 0.3 is 5.97 Å². The minimum atomic E-state index is -0.974. The van der Waals surface area contributed by atoms with Crippen molar-refractivity contribution in [2.75, 3.05) is 14.2 Å². The molecule has 0 atom stereocenters. The summed E-state index contributed by atoms with van der Waals surface area (Å²) >= 11 is 0. The van der Waals surface area contributed by atoms with E-state index in [-0.39, 0.29) is 24.5 Å². The van der Waals surface area contributed by atoms with Crippen molar-refractivity contribution in [3.8, 4) is 17.2 Å². The van der Waals surface area contributed by atoms with E-state index in [1.54, 1.807) is 43.5 Å². The predicted octanol–water partition coefficient (Wildman–Crippen LogP) is 3.67. The molecule has 0 fully saturated rings. The predicted molar refractivity (Wildman–Crippen MR) is 123 cm³/mol. The first kappa shape index (κ1) is 23.3. The molecule has 0 radical (unpaired) electrons. The summed E-state index contributed by atoms with van der Waals surface area (Å²) < 4.78 is 16.3. The van der Waals surface area contributed by atoms with Crippen LogP contribution in [0.4, 0.5) is 0 Å². The number of methoxy groups -OCH3 is 2. The Bertz CT molecular complexity index is 1140. The van der Waals surface area contributed by atoms with Crippen molar-refractivity contribution in [1.29, 1.82) is 0 Å². The third-order valence-corrected chi connectivity index (χ3v) is 4.68. The van der Waals surface area contributed by atoms with Crippen molar-refractivity contribution in [1.82, 2.24) is 5.43 Å². The van der Waals surface area contributed by atoms with Crippen LogP contribution in [0, 0.1) is 0 Å². The largest absolute Gasteiger partial charge is 0.497 e. The number of benzene rings is 3. The summed E-state index contributed by atoms with van der Waals surface area (Å²) in [5.74, 6) is 0.497. The average molecular weight is 448 g/mol. The number of carbonyl (C=O) groups is 2. The van der Waals surface area contributed by atoms with Gasteiger partial charge in [0.1, 0.15) is 12.4 Å². The minimum Gasteiger partial charge on any atom is -0.497 e. The first-order chi connectivity index (χ1) is 16.0. The second-order valence-corrected chi connectivity index (χ2v) is 7.02. The zero-order chi connectivity index (χ0) is 23.6. The van der Waals surface area contributed by atoms with Crippen molar-refractivity contribution in [3.05, 3.63) is 89.0 Å². The summed E-state index contributed by atoms with van der Waals surface area (Å²) in [4.78, 5) is 23.1. The van der Waals surface area contributed by atoms with Gasteiger partial charge in [0, 0.05) is 0 Å². The Morgan fingerprint density at radius 1 is 0.939 bits per heavy atom. The van der Waals surface area contributed by atoms with E-state index in [9.17, 15) is 9.59 Å². The lowest BCUT2D eigenvalue weighted by Crippen LogP contribution is -2.19. The molecule has 0 aliphatic rings. The van der Waals surface area contributed by atoms with Gasteiger partial charge in [-0.25, -0.2) is 10.2 Å². The van der Waals surface area contributed by atoms with E-state index in [0.717, 1.165) is 11.1 Å². The summed E-state index contributed by atoms with van der Waals surface area (Å²) in [6, 6.07) is 19.0. The lowest BCUT2D eigenvalue weighted by atomic mass is 10.1. The smallest absolute Gasteiger partial charge is 0.335 e. The number of ether oxygens (including phenoxy) is 3. The molecule has 0 heterocycles. The van der Waals surface area contributed by atoms with E-state index >= 15 is 0 Å². The number of rotatable bonds is 10. The van der Waals surface area contributed by atoms with Gasteiger partial charge in [0.15, 0.2) is 11.5 Å². The Labute approximate surface area is 191 Å². The number of amides is 1. The quantitative estimate of drug-likeness (QED) is 0.362. The molecule has 0 unspecified atom stereocenters. The SMILES string of the molecule is COc1cccc(CC(=O)N/N=C/c2ccc(OCc3ccc(C(=O)O)cc3)c(OC)c2)c1. The van der Waals surface area contributed by atoms with Crippen LogP contribution in [-0.4, -0.2) is 37.4 Å². The molecule has 8 heteroatoms. The van der Waals surface area contributed by atoms with Gasteiger partial charge in [0.2, 0.25) is 5.91 Å². The number of nitrogens with one attached hydrogen (secondary N) is 1. The lowest BCUT2D eigenvalue weighted by Gasteiger charge is -2.11. The Morgan fingerprint density at radius 3 is 2.42 bits per heavy atom. The third kappa shape index (κ3) is 6.83. The highest BCUT2D eigenvalue weighted by molar-refractivity contribution is 5.87. The second kappa shape index (κ2) is 11.3. The van der Waals surface area contributed by atoms with Gasteiger partial charge in [-0.3, -0.25) is 4.79 Å². The molecule has 3 rings (SSSR count). The van der Waals surface area contributed by atoms with Crippen LogP contribution >= 0.6 is 0 Å². The molecule has 0 saturated carbocycles. The van der Waals surface area contributed by atoms with Crippen LogP contribution in [-0.2, 0) is 17.8 Å². The molecule has 8 nitrogen and oxygen atoms in total. The van der Waals surface area contributed by atoms with Crippen molar-refractivity contribution in [2.24, 2.45) is 5.10 Å². The summed E-state index contributed by atoms with van der Waals surface area (Å²) in [6.45, 7) is 0.254. The van der Waals surface area contributed by atoms with Crippen LogP contribution in [0.1, 0.15) is 27.0 Å². The van der Waals surface area contributed by atoms with E-state index < -0.39 is 5.97 Å². The maximum Gasteiger partial charge on any atom is 0.335 e. The Kier molecular flexibility index (Phi) is 8.02. The first-order valence-corrected chi connectivity index (χ1v) is 10.1. The summed E-state index contributed by atoms with van der Waals surface area (Å²) in [5.41, 5.74) is 5.08. The van der Waals surface area contributed by atoms with E-state index in [4.69, 9.17) is 19.3 Å². The van der Waals surface area contributed by atoms with E-state index in [0.29, 0.717) is 22.8 Å². The topological polar surface area (TPSA) is 106 Å². The van der Waals surface area contributed by atoms with Gasteiger partial charge in [0.25, 0.3) is 0 Å². The molecule has 3 aromatic rings. The second-order valence-electron chi connectivity index (χ2n) is 7.02. The molecule has 2 N–H and O–H groups in total. The number of carboxylic acids is 1.